The van der Waals surface area contributed by atoms with Crippen LogP contribution in [-0.2, 0) is 13.8 Å². The van der Waals surface area contributed by atoms with E-state index in [-0.39, 0.29) is 12.2 Å². The van der Waals surface area contributed by atoms with Crippen LogP contribution in [0, 0.1) is 6.92 Å². The third-order valence-electron chi connectivity index (χ3n) is 3.10. The van der Waals surface area contributed by atoms with Crippen molar-refractivity contribution in [1.82, 2.24) is 9.55 Å². The smallest absolute Gasteiger partial charge is 0.390 e. The SMILES string of the molecule is Cc1cn([C@H]2C[C@H](O)[C@@H](COP(=O)(O)O)O2)c(=O)nc1N. The molecule has 1 aromatic heterocycles. The van der Waals surface area contributed by atoms with Crippen molar-refractivity contribution in [3.05, 3.63) is 22.2 Å². The number of nitrogens with two attached hydrogens (primary N) is 1. The summed E-state index contributed by atoms with van der Waals surface area (Å²) in [6, 6.07) is 0. The fourth-order valence-corrected chi connectivity index (χ4v) is 2.33. The summed E-state index contributed by atoms with van der Waals surface area (Å²) < 4.78 is 21.5. The fourth-order valence-electron chi connectivity index (χ4n) is 1.99. The number of hydrogen-bond donors (Lipinski definition) is 4. The predicted molar refractivity (Wildman–Crippen MR) is 70.2 cm³/mol. The summed E-state index contributed by atoms with van der Waals surface area (Å²) in [7, 11) is -4.65. The quantitative estimate of drug-likeness (QED) is 0.505. The van der Waals surface area contributed by atoms with Crippen molar-refractivity contribution >= 4 is 13.6 Å². The summed E-state index contributed by atoms with van der Waals surface area (Å²) in [5, 5.41) is 9.81. The lowest BCUT2D eigenvalue weighted by molar-refractivity contribution is -0.0450. The van der Waals surface area contributed by atoms with Crippen molar-refractivity contribution in [2.24, 2.45) is 0 Å². The van der Waals surface area contributed by atoms with Crippen LogP contribution in [-0.4, -0.2) is 43.3 Å². The maximum atomic E-state index is 11.8. The molecule has 0 saturated carbocycles. The van der Waals surface area contributed by atoms with Crippen LogP contribution < -0.4 is 11.4 Å². The highest BCUT2D eigenvalue weighted by Crippen LogP contribution is 2.38. The topological polar surface area (TPSA) is 157 Å². The van der Waals surface area contributed by atoms with Crippen LogP contribution in [0.25, 0.3) is 0 Å². The monoisotopic (exact) mass is 321 g/mol. The number of aromatic nitrogens is 2. The number of aliphatic hydroxyl groups excluding tert-OH is 1. The molecule has 2 heterocycles. The molecule has 3 atom stereocenters. The number of hydrogen-bond acceptors (Lipinski definition) is 7. The van der Waals surface area contributed by atoms with Gasteiger partial charge in [-0.2, -0.15) is 4.98 Å². The first-order valence-corrected chi connectivity index (χ1v) is 7.59. The van der Waals surface area contributed by atoms with Gasteiger partial charge in [-0.1, -0.05) is 0 Å². The number of ether oxygens (including phenoxy) is 1. The van der Waals surface area contributed by atoms with Crippen LogP contribution in [0.5, 0.6) is 0 Å². The first kappa shape index (κ1) is 16.1. The van der Waals surface area contributed by atoms with E-state index in [1.54, 1.807) is 6.92 Å². The molecule has 1 aliphatic rings. The highest BCUT2D eigenvalue weighted by Gasteiger charge is 2.37. The minimum atomic E-state index is -4.65. The number of rotatable bonds is 4. The maximum absolute atomic E-state index is 11.8. The Balaban J connectivity index is 2.12. The molecule has 2 rings (SSSR count). The van der Waals surface area contributed by atoms with E-state index in [1.807, 2.05) is 0 Å². The molecule has 0 aliphatic carbocycles. The van der Waals surface area contributed by atoms with Crippen molar-refractivity contribution < 1.29 is 28.7 Å². The van der Waals surface area contributed by atoms with E-state index in [1.165, 1.54) is 10.8 Å². The van der Waals surface area contributed by atoms with Gasteiger partial charge in [0.2, 0.25) is 0 Å². The zero-order valence-corrected chi connectivity index (χ0v) is 12.0. The molecule has 0 unspecified atom stereocenters. The second kappa shape index (κ2) is 5.84. The van der Waals surface area contributed by atoms with Crippen molar-refractivity contribution in [2.45, 2.75) is 31.8 Å². The van der Waals surface area contributed by atoms with Gasteiger partial charge in [0, 0.05) is 18.2 Å². The molecule has 0 bridgehead atoms. The normalized spacial score (nSPS) is 26.2. The van der Waals surface area contributed by atoms with Crippen LogP contribution in [0.3, 0.4) is 0 Å². The van der Waals surface area contributed by atoms with Crippen LogP contribution in [0.1, 0.15) is 18.2 Å². The molecule has 21 heavy (non-hydrogen) atoms. The van der Waals surface area contributed by atoms with E-state index < -0.39 is 38.6 Å². The van der Waals surface area contributed by atoms with Crippen molar-refractivity contribution in [3.63, 3.8) is 0 Å². The molecule has 5 N–H and O–H groups in total. The minimum absolute atomic E-state index is 0.0696. The summed E-state index contributed by atoms with van der Waals surface area (Å²) in [5.41, 5.74) is 5.46. The Morgan fingerprint density at radius 1 is 1.62 bits per heavy atom. The molecule has 0 aromatic carbocycles. The first-order valence-electron chi connectivity index (χ1n) is 6.06. The second-order valence-electron chi connectivity index (χ2n) is 4.72. The Labute approximate surface area is 119 Å². The van der Waals surface area contributed by atoms with Gasteiger partial charge in [0.1, 0.15) is 18.1 Å². The Hall–Kier alpha value is -1.29. The van der Waals surface area contributed by atoms with E-state index in [0.717, 1.165) is 0 Å². The van der Waals surface area contributed by atoms with Gasteiger partial charge in [-0.15, -0.1) is 0 Å². The lowest BCUT2D eigenvalue weighted by Crippen LogP contribution is -2.29. The molecule has 0 radical (unpaired) electrons. The average molecular weight is 321 g/mol. The third kappa shape index (κ3) is 3.88. The zero-order valence-electron chi connectivity index (χ0n) is 11.1. The average Bonchev–Trinajstić information content (AvgIpc) is 2.72. The van der Waals surface area contributed by atoms with Gasteiger partial charge in [0.05, 0.1) is 12.7 Å². The second-order valence-corrected chi connectivity index (χ2v) is 5.96. The number of nitrogens with zero attached hydrogens (tertiary/aromatic N) is 2. The number of nitrogen functional groups attached to an aromatic ring is 1. The fraction of sp³-hybridized carbons (Fsp3) is 0.600. The maximum Gasteiger partial charge on any atom is 0.469 e. The van der Waals surface area contributed by atoms with E-state index in [9.17, 15) is 14.5 Å². The van der Waals surface area contributed by atoms with Crippen LogP contribution >= 0.6 is 7.82 Å². The van der Waals surface area contributed by atoms with E-state index >= 15 is 0 Å². The Kier molecular flexibility index (Phi) is 4.47. The molecule has 10 nitrogen and oxygen atoms in total. The largest absolute Gasteiger partial charge is 0.469 e. The van der Waals surface area contributed by atoms with Crippen LogP contribution in [0.15, 0.2) is 11.0 Å². The Bertz CT molecular complexity index is 628. The molecule has 1 saturated heterocycles. The standard InChI is InChI=1S/C10H16N3O7P/c1-5-3-13(10(15)12-9(5)11)8-2-6(14)7(20-8)4-19-21(16,17)18/h3,6-8,14H,2,4H2,1H3,(H2,11,12,15)(H2,16,17,18)/t6-,7+,8+/m0/s1. The third-order valence-corrected chi connectivity index (χ3v) is 3.58. The number of anilines is 1. The van der Waals surface area contributed by atoms with Crippen molar-refractivity contribution in [3.8, 4) is 0 Å². The highest BCUT2D eigenvalue weighted by atomic mass is 31.2. The Morgan fingerprint density at radius 3 is 2.90 bits per heavy atom. The highest BCUT2D eigenvalue weighted by molar-refractivity contribution is 7.46. The summed E-state index contributed by atoms with van der Waals surface area (Å²) in [6.45, 7) is 1.18. The Morgan fingerprint density at radius 2 is 2.29 bits per heavy atom. The van der Waals surface area contributed by atoms with E-state index in [0.29, 0.717) is 5.56 Å². The molecule has 1 aliphatic heterocycles. The van der Waals surface area contributed by atoms with Crippen LogP contribution in [0.2, 0.25) is 0 Å². The lowest BCUT2D eigenvalue weighted by Gasteiger charge is -2.16. The first-order chi connectivity index (χ1) is 9.67. The minimum Gasteiger partial charge on any atom is -0.390 e. The lowest BCUT2D eigenvalue weighted by atomic mass is 10.2. The van der Waals surface area contributed by atoms with Crippen molar-refractivity contribution in [2.75, 3.05) is 12.3 Å². The number of aryl methyl sites for hydroxylation is 1. The molecule has 0 amide bonds. The summed E-state index contributed by atoms with van der Waals surface area (Å²) in [6.07, 6.45) is -1.25. The molecule has 118 valence electrons. The molecule has 11 heteroatoms. The number of aliphatic hydroxyl groups is 1. The number of phosphoric ester groups is 1. The zero-order chi connectivity index (χ0) is 15.8. The van der Waals surface area contributed by atoms with Gasteiger partial charge in [-0.25, -0.2) is 9.36 Å². The van der Waals surface area contributed by atoms with E-state index in [4.69, 9.17) is 20.3 Å². The van der Waals surface area contributed by atoms with Crippen LogP contribution in [0.4, 0.5) is 5.82 Å². The van der Waals surface area contributed by atoms with E-state index in [2.05, 4.69) is 9.51 Å². The summed E-state index contributed by atoms with van der Waals surface area (Å²) >= 11 is 0. The molecule has 0 spiro atoms. The molecule has 1 aromatic rings. The molecular weight excluding hydrogens is 305 g/mol. The molecular formula is C10H16N3O7P. The number of phosphoric acid groups is 1. The summed E-state index contributed by atoms with van der Waals surface area (Å²) in [4.78, 5) is 32.6. The van der Waals surface area contributed by atoms with Gasteiger partial charge >= 0.3 is 13.5 Å². The van der Waals surface area contributed by atoms with Gasteiger partial charge in [-0.3, -0.25) is 9.09 Å². The van der Waals surface area contributed by atoms with Crippen molar-refractivity contribution in [1.29, 1.82) is 0 Å². The van der Waals surface area contributed by atoms with Gasteiger partial charge in [0.25, 0.3) is 0 Å². The molecule has 1 fully saturated rings. The van der Waals surface area contributed by atoms with Gasteiger partial charge in [-0.05, 0) is 6.92 Å². The summed E-state index contributed by atoms with van der Waals surface area (Å²) in [5.74, 6) is 0.108. The predicted octanol–water partition coefficient (Wildman–Crippen LogP) is -1.11. The van der Waals surface area contributed by atoms with Gasteiger partial charge in [0.15, 0.2) is 0 Å². The van der Waals surface area contributed by atoms with Gasteiger partial charge < -0.3 is 25.4 Å².